The van der Waals surface area contributed by atoms with Crippen LogP contribution in [0.4, 0.5) is 0 Å². The number of carbonyl (C=O) groups is 1. The van der Waals surface area contributed by atoms with Crippen LogP contribution in [0.1, 0.15) is 1.37 Å². The summed E-state index contributed by atoms with van der Waals surface area (Å²) in [5.74, 6) is -1.19. The van der Waals surface area contributed by atoms with Crippen molar-refractivity contribution < 1.29 is 11.3 Å². The van der Waals surface area contributed by atoms with E-state index in [1.165, 1.54) is 0 Å². The van der Waals surface area contributed by atoms with Gasteiger partial charge in [-0.2, -0.15) is 12.6 Å². The first kappa shape index (κ1) is 4.93. The molecule has 0 aromatic carbocycles. The maximum Gasteiger partial charge on any atom is 0.321 e. The number of nitrogens with two attached hydrogens (primary N) is 1. The predicted molar refractivity (Wildman–Crippen MR) is 29.5 cm³/mol. The summed E-state index contributed by atoms with van der Waals surface area (Å²) in [6.07, 6.45) is 0. The van der Waals surface area contributed by atoms with Crippen molar-refractivity contribution in [3.8, 4) is 0 Å². The Labute approximate surface area is 48.3 Å². The summed E-state index contributed by atoms with van der Waals surface area (Å²) in [7, 11) is 0. The lowest BCUT2D eigenvalue weighted by Gasteiger charge is -1.96. The lowest BCUT2D eigenvalue weighted by atomic mass is 10.4. The van der Waals surface area contributed by atoms with Crippen LogP contribution in [-0.4, -0.2) is 22.8 Å². The third-order valence-corrected chi connectivity index (χ3v) is 0.767. The Morgan fingerprint density at radius 3 is 2.71 bits per heavy atom. The number of rotatable bonds is 2. The van der Waals surface area contributed by atoms with Gasteiger partial charge in [-0.25, -0.2) is 0 Å². The Morgan fingerprint density at radius 2 is 2.71 bits per heavy atom. The Kier molecular flexibility index (Phi) is 2.02. The molecule has 0 aromatic rings. The first-order chi connectivity index (χ1) is 3.55. The lowest BCUT2D eigenvalue weighted by molar-refractivity contribution is -0.137. The van der Waals surface area contributed by atoms with Gasteiger partial charge < -0.3 is 10.8 Å². The second-order valence-electron chi connectivity index (χ2n) is 1.01. The minimum atomic E-state index is -1.19. The predicted octanol–water partition coefficient (Wildman–Crippen LogP) is -0.672. The highest BCUT2D eigenvalue weighted by Gasteiger charge is 2.06. The van der Waals surface area contributed by atoms with Crippen LogP contribution in [0.15, 0.2) is 0 Å². The molecule has 0 bridgehead atoms. The Morgan fingerprint density at radius 1 is 2.29 bits per heavy atom. The van der Waals surface area contributed by atoms with Crippen molar-refractivity contribution in [2.45, 2.75) is 6.04 Å². The fourth-order valence-electron chi connectivity index (χ4n) is 0.0638. The molecule has 0 spiro atoms. The molecule has 0 unspecified atom stereocenters. The largest absolute Gasteiger partial charge is 0.480 e. The highest BCUT2D eigenvalue weighted by molar-refractivity contribution is 7.80. The van der Waals surface area contributed by atoms with Crippen LogP contribution >= 0.6 is 12.6 Å². The van der Waals surface area contributed by atoms with E-state index in [2.05, 4.69) is 12.6 Å². The molecule has 3 nitrogen and oxygen atoms in total. The molecule has 7 heavy (non-hydrogen) atoms. The van der Waals surface area contributed by atoms with Crippen LogP contribution < -0.4 is 5.73 Å². The van der Waals surface area contributed by atoms with E-state index in [0.717, 1.165) is 0 Å². The second-order valence-corrected chi connectivity index (χ2v) is 1.31. The molecule has 0 aliphatic heterocycles. The fourth-order valence-corrected chi connectivity index (χ4v) is 0.191. The topological polar surface area (TPSA) is 63.3 Å². The van der Waals surface area contributed by atoms with Crippen molar-refractivity contribution in [1.82, 2.24) is 0 Å². The van der Waals surface area contributed by atoms with E-state index in [1.807, 2.05) is 0 Å². The number of carboxylic acid groups (broad SMARTS) is 1. The quantitative estimate of drug-likeness (QED) is 0.425. The maximum absolute atomic E-state index is 9.85. The molecule has 4 heteroatoms. The van der Waals surface area contributed by atoms with Crippen molar-refractivity contribution >= 4 is 18.6 Å². The standard InChI is InChI=1S/C3H7NO2S/c4-2(1-7)3(5)6/h2,7H,1,4H2,(H,5,6)/t2-/m0/s1/i1D/t1-,2-. The number of hydrogen-bond acceptors (Lipinski definition) is 3. The summed E-state index contributed by atoms with van der Waals surface area (Å²) in [5.41, 5.74) is 3.86. The van der Waals surface area contributed by atoms with E-state index in [0.29, 0.717) is 0 Å². The van der Waals surface area contributed by atoms with E-state index >= 15 is 0 Å². The van der Waals surface area contributed by atoms with Gasteiger partial charge in [-0.1, -0.05) is 0 Å². The van der Waals surface area contributed by atoms with Crippen LogP contribution in [0.25, 0.3) is 0 Å². The maximum atomic E-state index is 9.85. The molecule has 0 aliphatic rings. The van der Waals surface area contributed by atoms with Crippen molar-refractivity contribution in [3.05, 3.63) is 0 Å². The van der Waals surface area contributed by atoms with Gasteiger partial charge in [0.25, 0.3) is 0 Å². The molecule has 0 heterocycles. The fraction of sp³-hybridized carbons (Fsp3) is 0.667. The molecule has 0 saturated carbocycles. The van der Waals surface area contributed by atoms with Crippen LogP contribution in [-0.2, 0) is 4.79 Å². The first-order valence-electron chi connectivity index (χ1n) is 2.22. The van der Waals surface area contributed by atoms with E-state index in [9.17, 15) is 4.79 Å². The number of thiol groups is 1. The third kappa shape index (κ3) is 2.47. The molecule has 0 aromatic heterocycles. The smallest absolute Gasteiger partial charge is 0.321 e. The zero-order valence-electron chi connectivity index (χ0n) is 4.53. The molecular weight excluding hydrogens is 114 g/mol. The molecule has 0 aliphatic carbocycles. The molecule has 0 rings (SSSR count). The molecule has 3 N–H and O–H groups in total. The molecule has 42 valence electrons. The molecular formula is C3H7NO2S. The van der Waals surface area contributed by atoms with E-state index in [1.54, 1.807) is 0 Å². The van der Waals surface area contributed by atoms with Gasteiger partial charge in [0, 0.05) is 7.10 Å². The lowest BCUT2D eigenvalue weighted by Crippen LogP contribution is -2.31. The Hall–Kier alpha value is -0.220. The normalized spacial score (nSPS) is 20.0. The molecule has 0 saturated heterocycles. The average molecular weight is 122 g/mol. The summed E-state index contributed by atoms with van der Waals surface area (Å²) in [6.45, 7) is 0. The van der Waals surface area contributed by atoms with E-state index in [4.69, 9.17) is 12.2 Å². The van der Waals surface area contributed by atoms with Gasteiger partial charge in [-0.15, -0.1) is 0 Å². The summed E-state index contributed by atoms with van der Waals surface area (Å²) in [4.78, 5) is 9.85. The summed E-state index contributed by atoms with van der Waals surface area (Å²) in [6, 6.07) is -1.18. The van der Waals surface area contributed by atoms with Crippen molar-refractivity contribution in [2.75, 3.05) is 5.73 Å². The summed E-state index contributed by atoms with van der Waals surface area (Å²) >= 11 is 3.49. The first-order valence-corrected chi connectivity index (χ1v) is 2.16. The van der Waals surface area contributed by atoms with Crippen LogP contribution in [0.5, 0.6) is 0 Å². The minimum Gasteiger partial charge on any atom is -0.480 e. The van der Waals surface area contributed by atoms with Gasteiger partial charge >= 0.3 is 5.97 Å². The van der Waals surface area contributed by atoms with Crippen molar-refractivity contribution in [1.29, 1.82) is 0 Å². The molecule has 0 fully saturated rings. The van der Waals surface area contributed by atoms with Crippen LogP contribution in [0, 0.1) is 0 Å². The Balaban J connectivity index is 3.64. The van der Waals surface area contributed by atoms with Crippen LogP contribution in [0.2, 0.25) is 0 Å². The SMILES string of the molecule is [2H][C@H](S)[C@H](N)C(=O)O. The number of aliphatic carboxylic acids is 1. The molecule has 2 atom stereocenters. The minimum absolute atomic E-state index is 1.03. The van der Waals surface area contributed by atoms with Gasteiger partial charge in [-0.05, 0) is 0 Å². The number of hydrogen-bond donors (Lipinski definition) is 3. The van der Waals surface area contributed by atoms with Gasteiger partial charge in [0.05, 0.1) is 0 Å². The van der Waals surface area contributed by atoms with Crippen molar-refractivity contribution in [3.63, 3.8) is 0 Å². The summed E-state index contributed by atoms with van der Waals surface area (Å²) < 4.78 is 6.67. The van der Waals surface area contributed by atoms with Crippen LogP contribution in [0.3, 0.4) is 0 Å². The highest BCUT2D eigenvalue weighted by atomic mass is 32.1. The molecule has 0 radical (unpaired) electrons. The zero-order valence-corrected chi connectivity index (χ0v) is 4.43. The summed E-state index contributed by atoms with van der Waals surface area (Å²) in [5, 5.41) is 8.06. The molecule has 0 amide bonds. The average Bonchev–Trinajstić information content (AvgIpc) is 1.64. The monoisotopic (exact) mass is 122 g/mol. The zero-order chi connectivity index (χ0) is 6.73. The Bertz CT molecular complexity index is 97.3. The van der Waals surface area contributed by atoms with E-state index < -0.39 is 17.7 Å². The van der Waals surface area contributed by atoms with Gasteiger partial charge in [0.2, 0.25) is 0 Å². The number of carboxylic acids is 1. The second kappa shape index (κ2) is 2.87. The van der Waals surface area contributed by atoms with Crippen molar-refractivity contribution in [2.24, 2.45) is 5.73 Å². The van der Waals surface area contributed by atoms with Gasteiger partial charge in [-0.3, -0.25) is 4.79 Å². The third-order valence-electron chi connectivity index (χ3n) is 0.446. The van der Waals surface area contributed by atoms with Gasteiger partial charge in [0.15, 0.2) is 0 Å². The van der Waals surface area contributed by atoms with E-state index in [-0.39, 0.29) is 0 Å². The highest BCUT2D eigenvalue weighted by Crippen LogP contribution is 1.80. The van der Waals surface area contributed by atoms with Gasteiger partial charge in [0.1, 0.15) is 6.04 Å².